The highest BCUT2D eigenvalue weighted by Crippen LogP contribution is 2.40. The fourth-order valence-electron chi connectivity index (χ4n) is 4.74. The van der Waals surface area contributed by atoms with E-state index in [0.29, 0.717) is 37.3 Å². The predicted octanol–water partition coefficient (Wildman–Crippen LogP) is 5.02. The van der Waals surface area contributed by atoms with E-state index in [1.807, 2.05) is 37.3 Å². The minimum absolute atomic E-state index is 0.218. The number of aromatic nitrogens is 1. The van der Waals surface area contributed by atoms with E-state index in [0.717, 1.165) is 22.9 Å². The fourth-order valence-corrected chi connectivity index (χ4v) is 5.25. The molecule has 1 aromatic heterocycles. The Morgan fingerprint density at radius 1 is 1.11 bits per heavy atom. The summed E-state index contributed by atoms with van der Waals surface area (Å²) in [5.41, 5.74) is 2.63. The lowest BCUT2D eigenvalue weighted by atomic mass is 9.84. The van der Waals surface area contributed by atoms with Gasteiger partial charge in [-0.2, -0.15) is 0 Å². The maximum Gasteiger partial charge on any atom is 0.411 e. The molecular formula is C28H32FN3O5S. The lowest BCUT2D eigenvalue weighted by Crippen LogP contribution is -2.49. The number of carbonyl (C=O) groups excluding carboxylic acids is 1. The van der Waals surface area contributed by atoms with Crippen LogP contribution in [0, 0.1) is 5.82 Å². The molecule has 1 unspecified atom stereocenters. The Labute approximate surface area is 222 Å². The van der Waals surface area contributed by atoms with E-state index < -0.39 is 21.7 Å². The van der Waals surface area contributed by atoms with Gasteiger partial charge in [-0.15, -0.1) is 0 Å². The summed E-state index contributed by atoms with van der Waals surface area (Å²) in [6, 6.07) is 17.4. The van der Waals surface area contributed by atoms with Crippen LogP contribution in [0.2, 0.25) is 0 Å². The summed E-state index contributed by atoms with van der Waals surface area (Å²) < 4.78 is 50.2. The molecule has 2 heterocycles. The average Bonchev–Trinajstić information content (AvgIpc) is 2.91. The van der Waals surface area contributed by atoms with Crippen LogP contribution in [0.1, 0.15) is 43.4 Å². The van der Waals surface area contributed by atoms with Crippen molar-refractivity contribution in [2.24, 2.45) is 0 Å². The molecule has 4 rings (SSSR count). The molecule has 0 spiro atoms. The first-order valence-electron chi connectivity index (χ1n) is 12.4. The van der Waals surface area contributed by atoms with Crippen LogP contribution in [0.5, 0.6) is 5.88 Å². The van der Waals surface area contributed by atoms with Crippen LogP contribution in [-0.2, 0) is 20.4 Å². The van der Waals surface area contributed by atoms with Gasteiger partial charge in [0.1, 0.15) is 11.4 Å². The first-order valence-corrected chi connectivity index (χ1v) is 14.3. The monoisotopic (exact) mass is 541 g/mol. The normalized spacial score (nSPS) is 18.6. The largest absolute Gasteiger partial charge is 0.481 e. The van der Waals surface area contributed by atoms with Gasteiger partial charge in [-0.05, 0) is 54.7 Å². The van der Waals surface area contributed by atoms with E-state index in [2.05, 4.69) is 9.71 Å². The number of hydrogen-bond donors (Lipinski definition) is 1. The van der Waals surface area contributed by atoms with Gasteiger partial charge >= 0.3 is 6.09 Å². The van der Waals surface area contributed by atoms with Crippen LogP contribution in [0.15, 0.2) is 66.9 Å². The van der Waals surface area contributed by atoms with Crippen LogP contribution in [-0.4, -0.2) is 50.9 Å². The van der Waals surface area contributed by atoms with Crippen molar-refractivity contribution in [2.45, 2.75) is 37.8 Å². The van der Waals surface area contributed by atoms with E-state index in [1.54, 1.807) is 36.4 Å². The van der Waals surface area contributed by atoms with Gasteiger partial charge in [0, 0.05) is 37.3 Å². The van der Waals surface area contributed by atoms with E-state index in [-0.39, 0.29) is 18.4 Å². The molecule has 1 N–H and O–H groups in total. The molecule has 0 aliphatic carbocycles. The van der Waals surface area contributed by atoms with Crippen molar-refractivity contribution < 1.29 is 27.1 Å². The smallest absolute Gasteiger partial charge is 0.411 e. The molecule has 2 atom stereocenters. The van der Waals surface area contributed by atoms with Crippen LogP contribution in [0.3, 0.4) is 0 Å². The van der Waals surface area contributed by atoms with Crippen molar-refractivity contribution in [3.8, 4) is 17.0 Å². The lowest BCUT2D eigenvalue weighted by Gasteiger charge is -2.43. The zero-order chi connectivity index (χ0) is 27.3. The SMILES string of the molecule is COc1ccc(-c2ccc([C@H](C)N3CCC(CCCNS(C)(=O)=O)(c4ccc(F)cc4)OC3=O)cc2)cn1. The van der Waals surface area contributed by atoms with E-state index >= 15 is 0 Å². The first-order chi connectivity index (χ1) is 18.1. The van der Waals surface area contributed by atoms with Gasteiger partial charge in [0.05, 0.1) is 19.4 Å². The number of ether oxygens (including phenoxy) is 2. The predicted molar refractivity (Wildman–Crippen MR) is 143 cm³/mol. The molecule has 3 aromatic rings. The Morgan fingerprint density at radius 2 is 1.79 bits per heavy atom. The number of rotatable bonds is 10. The van der Waals surface area contributed by atoms with Crippen LogP contribution >= 0.6 is 0 Å². The number of pyridine rings is 1. The number of amides is 1. The van der Waals surface area contributed by atoms with Crippen molar-refractivity contribution in [3.63, 3.8) is 0 Å². The summed E-state index contributed by atoms with van der Waals surface area (Å²) in [4.78, 5) is 19.2. The highest BCUT2D eigenvalue weighted by Gasteiger charge is 2.43. The number of carbonyl (C=O) groups is 1. The van der Waals surface area contributed by atoms with Crippen molar-refractivity contribution >= 4 is 16.1 Å². The van der Waals surface area contributed by atoms with Crippen molar-refractivity contribution in [2.75, 3.05) is 26.5 Å². The molecule has 8 nitrogen and oxygen atoms in total. The van der Waals surface area contributed by atoms with Crippen molar-refractivity contribution in [1.82, 2.24) is 14.6 Å². The van der Waals surface area contributed by atoms with E-state index in [1.165, 1.54) is 12.1 Å². The van der Waals surface area contributed by atoms with Crippen LogP contribution in [0.4, 0.5) is 9.18 Å². The Morgan fingerprint density at radius 3 is 2.37 bits per heavy atom. The molecule has 10 heteroatoms. The quantitative estimate of drug-likeness (QED) is 0.362. The third kappa shape index (κ3) is 6.49. The molecular weight excluding hydrogens is 509 g/mol. The molecule has 202 valence electrons. The van der Waals surface area contributed by atoms with Gasteiger partial charge in [-0.1, -0.05) is 36.4 Å². The third-order valence-electron chi connectivity index (χ3n) is 6.91. The Hall–Kier alpha value is -3.50. The van der Waals surface area contributed by atoms with Gasteiger partial charge in [0.15, 0.2) is 0 Å². The summed E-state index contributed by atoms with van der Waals surface area (Å²) >= 11 is 0. The number of nitrogens with zero attached hydrogens (tertiary/aromatic N) is 2. The number of halogens is 1. The maximum absolute atomic E-state index is 13.6. The molecule has 0 bridgehead atoms. The Kier molecular flexibility index (Phi) is 8.32. The van der Waals surface area contributed by atoms with Gasteiger partial charge in [0.25, 0.3) is 0 Å². The molecule has 2 aromatic carbocycles. The minimum atomic E-state index is -3.33. The molecule has 0 radical (unpaired) electrons. The average molecular weight is 542 g/mol. The molecule has 1 aliphatic rings. The molecule has 38 heavy (non-hydrogen) atoms. The van der Waals surface area contributed by atoms with E-state index in [9.17, 15) is 17.6 Å². The standard InChI is InChI=1S/C28H32FN3O5S/c1-20(21-5-7-22(8-6-21)23-9-14-26(36-2)30-19-23)32-18-16-28(37-27(32)33,15-4-17-31-38(3,34)35)24-10-12-25(29)13-11-24/h5-14,19-20,31H,4,15-18H2,1-3H3/t20-,28?/m0/s1. The van der Waals surface area contributed by atoms with E-state index in [4.69, 9.17) is 9.47 Å². The minimum Gasteiger partial charge on any atom is -0.481 e. The topological polar surface area (TPSA) is 97.8 Å². The van der Waals surface area contributed by atoms with Gasteiger partial charge in [-0.25, -0.2) is 27.3 Å². The summed E-state index contributed by atoms with van der Waals surface area (Å²) in [7, 11) is -1.75. The first kappa shape index (κ1) is 27.5. The fraction of sp³-hybridized carbons (Fsp3) is 0.357. The Balaban J connectivity index is 1.48. The molecule has 1 aliphatic heterocycles. The second kappa shape index (κ2) is 11.5. The van der Waals surface area contributed by atoms with Gasteiger partial charge in [-0.3, -0.25) is 0 Å². The second-order valence-corrected chi connectivity index (χ2v) is 11.3. The Bertz CT molecular complexity index is 1350. The zero-order valence-electron chi connectivity index (χ0n) is 21.7. The number of methoxy groups -OCH3 is 1. The molecule has 1 saturated heterocycles. The number of benzene rings is 2. The van der Waals surface area contributed by atoms with Crippen LogP contribution in [0.25, 0.3) is 11.1 Å². The summed E-state index contributed by atoms with van der Waals surface area (Å²) in [5, 5.41) is 0. The second-order valence-electron chi connectivity index (χ2n) is 9.47. The summed E-state index contributed by atoms with van der Waals surface area (Å²) in [5.74, 6) is 0.167. The molecule has 0 saturated carbocycles. The third-order valence-corrected chi connectivity index (χ3v) is 7.63. The number of hydrogen-bond acceptors (Lipinski definition) is 6. The molecule has 1 amide bonds. The number of cyclic esters (lactones) is 1. The summed E-state index contributed by atoms with van der Waals surface area (Å²) in [6.07, 6.45) is 3.73. The summed E-state index contributed by atoms with van der Waals surface area (Å²) in [6.45, 7) is 2.60. The van der Waals surface area contributed by atoms with Crippen molar-refractivity contribution in [3.05, 3.63) is 83.8 Å². The number of sulfonamides is 1. The number of nitrogens with one attached hydrogen (secondary N) is 1. The highest BCUT2D eigenvalue weighted by molar-refractivity contribution is 7.88. The molecule has 1 fully saturated rings. The van der Waals surface area contributed by atoms with Crippen LogP contribution < -0.4 is 9.46 Å². The van der Waals surface area contributed by atoms with Gasteiger partial charge < -0.3 is 14.4 Å². The zero-order valence-corrected chi connectivity index (χ0v) is 22.5. The lowest BCUT2D eigenvalue weighted by molar-refractivity contribution is -0.0662. The van der Waals surface area contributed by atoms with Gasteiger partial charge in [0.2, 0.25) is 15.9 Å². The van der Waals surface area contributed by atoms with Crippen molar-refractivity contribution in [1.29, 1.82) is 0 Å². The maximum atomic E-state index is 13.6. The highest BCUT2D eigenvalue weighted by atomic mass is 32.2.